The highest BCUT2D eigenvalue weighted by molar-refractivity contribution is 14.1. The van der Waals surface area contributed by atoms with Crippen LogP contribution in [0.3, 0.4) is 0 Å². The van der Waals surface area contributed by atoms with E-state index in [4.69, 9.17) is 0 Å². The molecule has 4 aromatic rings. The minimum atomic E-state index is -3.97. The monoisotopic (exact) mass is 640 g/mol. The highest BCUT2D eigenvalue weighted by Crippen LogP contribution is 2.24. The summed E-state index contributed by atoms with van der Waals surface area (Å²) in [5.41, 5.74) is 3.77. The zero-order chi connectivity index (χ0) is 27.3. The van der Waals surface area contributed by atoms with Gasteiger partial charge in [0.15, 0.2) is 0 Å². The van der Waals surface area contributed by atoms with Crippen molar-refractivity contribution in [3.63, 3.8) is 0 Å². The summed E-state index contributed by atoms with van der Waals surface area (Å²) < 4.78 is 29.0. The maximum atomic E-state index is 13.2. The molecule has 0 aliphatic rings. The van der Waals surface area contributed by atoms with Crippen molar-refractivity contribution >= 4 is 50.2 Å². The third-order valence-electron chi connectivity index (χ3n) is 5.91. The minimum Gasteiger partial charge on any atom is -0.480 e. The molecule has 3 N–H and O–H groups in total. The smallest absolute Gasteiger partial charge is 0.326 e. The molecule has 0 saturated heterocycles. The molecule has 9 heteroatoms. The molecule has 0 aliphatic heterocycles. The Balaban J connectivity index is 1.53. The van der Waals surface area contributed by atoms with Crippen molar-refractivity contribution in [3.8, 4) is 11.1 Å². The van der Waals surface area contributed by atoms with E-state index in [1.807, 2.05) is 84.1 Å². The van der Waals surface area contributed by atoms with E-state index in [9.17, 15) is 23.1 Å². The third-order valence-corrected chi connectivity index (χ3v) is 7.96. The predicted molar refractivity (Wildman–Crippen MR) is 156 cm³/mol. The van der Waals surface area contributed by atoms with Gasteiger partial charge in [-0.25, -0.2) is 13.2 Å². The molecule has 7 nitrogen and oxygen atoms in total. The SMILES string of the molecule is Cc1ccc(S(=O)(=O)Nc2ccc(I)cc2C(=O)NC(Cc2ccc(-c3ccccc3)cc2)C(=O)O)cc1. The maximum Gasteiger partial charge on any atom is 0.326 e. The van der Waals surface area contributed by atoms with E-state index < -0.39 is 27.9 Å². The summed E-state index contributed by atoms with van der Waals surface area (Å²) in [7, 11) is -3.97. The van der Waals surface area contributed by atoms with Crippen LogP contribution in [0.15, 0.2) is 102 Å². The van der Waals surface area contributed by atoms with Crippen molar-refractivity contribution in [1.82, 2.24) is 5.32 Å². The number of carboxylic acids is 1. The Morgan fingerprint density at radius 3 is 2.13 bits per heavy atom. The van der Waals surface area contributed by atoms with Crippen molar-refractivity contribution in [2.75, 3.05) is 4.72 Å². The predicted octanol–water partition coefficient (Wildman–Crippen LogP) is 5.49. The third kappa shape index (κ3) is 6.78. The van der Waals surface area contributed by atoms with Gasteiger partial charge in [0.05, 0.1) is 16.1 Å². The van der Waals surface area contributed by atoms with Gasteiger partial charge in [0.25, 0.3) is 15.9 Å². The zero-order valence-electron chi connectivity index (χ0n) is 20.4. The number of carbonyl (C=O) groups excluding carboxylic acids is 1. The van der Waals surface area contributed by atoms with Gasteiger partial charge >= 0.3 is 5.97 Å². The van der Waals surface area contributed by atoms with Crippen LogP contribution < -0.4 is 10.0 Å². The number of sulfonamides is 1. The molecule has 0 aliphatic carbocycles. The zero-order valence-corrected chi connectivity index (χ0v) is 23.4. The summed E-state index contributed by atoms with van der Waals surface area (Å²) >= 11 is 2.01. The van der Waals surface area contributed by atoms with Crippen LogP contribution in [0.5, 0.6) is 0 Å². The molecule has 0 spiro atoms. The van der Waals surface area contributed by atoms with E-state index >= 15 is 0 Å². The first-order valence-electron chi connectivity index (χ1n) is 11.7. The van der Waals surface area contributed by atoms with Crippen LogP contribution in [0.4, 0.5) is 5.69 Å². The molecular weight excluding hydrogens is 615 g/mol. The number of anilines is 1. The largest absolute Gasteiger partial charge is 0.480 e. The lowest BCUT2D eigenvalue weighted by Gasteiger charge is -2.17. The second kappa shape index (κ2) is 11.8. The molecule has 4 rings (SSSR count). The first-order valence-corrected chi connectivity index (χ1v) is 14.3. The molecule has 1 atom stereocenters. The Morgan fingerprint density at radius 1 is 0.868 bits per heavy atom. The van der Waals surface area contributed by atoms with Crippen LogP contribution in [0.2, 0.25) is 0 Å². The average molecular weight is 640 g/mol. The fourth-order valence-corrected chi connectivity index (χ4v) is 5.42. The number of aliphatic carboxylic acids is 1. The Labute approximate surface area is 235 Å². The van der Waals surface area contributed by atoms with Gasteiger partial charge in [0, 0.05) is 9.99 Å². The van der Waals surface area contributed by atoms with Crippen LogP contribution in [-0.2, 0) is 21.2 Å². The second-order valence-corrected chi connectivity index (χ2v) is 11.7. The van der Waals surface area contributed by atoms with Gasteiger partial charge < -0.3 is 10.4 Å². The molecule has 0 radical (unpaired) electrons. The topological polar surface area (TPSA) is 113 Å². The molecule has 0 bridgehead atoms. The van der Waals surface area contributed by atoms with Gasteiger partial charge in [-0.05, 0) is 76.5 Å². The first kappa shape index (κ1) is 27.3. The fourth-order valence-electron chi connectivity index (χ4n) is 3.85. The van der Waals surface area contributed by atoms with Crippen LogP contribution in [-0.4, -0.2) is 31.4 Å². The van der Waals surface area contributed by atoms with Crippen LogP contribution in [0.1, 0.15) is 21.5 Å². The van der Waals surface area contributed by atoms with E-state index in [0.717, 1.165) is 22.3 Å². The maximum absolute atomic E-state index is 13.2. The minimum absolute atomic E-state index is 0.0262. The second-order valence-electron chi connectivity index (χ2n) is 8.74. The lowest BCUT2D eigenvalue weighted by Crippen LogP contribution is -2.42. The lowest BCUT2D eigenvalue weighted by molar-refractivity contribution is -0.139. The number of rotatable bonds is 9. The van der Waals surface area contributed by atoms with Gasteiger partial charge in [-0.3, -0.25) is 9.52 Å². The van der Waals surface area contributed by atoms with E-state index in [1.165, 1.54) is 24.3 Å². The lowest BCUT2D eigenvalue weighted by atomic mass is 10.0. The van der Waals surface area contributed by atoms with Crippen LogP contribution in [0, 0.1) is 10.5 Å². The number of halogens is 1. The number of benzene rings is 4. The number of nitrogens with one attached hydrogen (secondary N) is 2. The number of aryl methyl sites for hydroxylation is 1. The van der Waals surface area contributed by atoms with E-state index in [0.29, 0.717) is 3.57 Å². The molecular formula is C29H25IN2O5S. The number of carbonyl (C=O) groups is 2. The number of carboxylic acid groups (broad SMARTS) is 1. The van der Waals surface area contributed by atoms with Crippen LogP contribution >= 0.6 is 22.6 Å². The summed E-state index contributed by atoms with van der Waals surface area (Å²) in [6.07, 6.45) is 0.0600. The molecule has 1 unspecified atom stereocenters. The average Bonchev–Trinajstić information content (AvgIpc) is 2.90. The molecule has 0 heterocycles. The normalized spacial score (nSPS) is 11.9. The molecule has 4 aromatic carbocycles. The Bertz CT molecular complexity index is 1560. The van der Waals surface area contributed by atoms with Crippen molar-refractivity contribution in [3.05, 3.63) is 117 Å². The summed E-state index contributed by atoms with van der Waals surface area (Å²) in [5, 5.41) is 12.4. The van der Waals surface area contributed by atoms with Crippen molar-refractivity contribution in [2.24, 2.45) is 0 Å². The number of hydrogen-bond acceptors (Lipinski definition) is 4. The number of amides is 1. The Kier molecular flexibility index (Phi) is 8.48. The molecule has 194 valence electrons. The van der Waals surface area contributed by atoms with Crippen molar-refractivity contribution in [1.29, 1.82) is 0 Å². The number of hydrogen-bond donors (Lipinski definition) is 3. The molecule has 38 heavy (non-hydrogen) atoms. The summed E-state index contributed by atoms with van der Waals surface area (Å²) in [6, 6.07) is 27.0. The highest BCUT2D eigenvalue weighted by Gasteiger charge is 2.24. The summed E-state index contributed by atoms with van der Waals surface area (Å²) in [4.78, 5) is 25.3. The van der Waals surface area contributed by atoms with Gasteiger partial charge in [-0.15, -0.1) is 0 Å². The van der Waals surface area contributed by atoms with E-state index in [2.05, 4.69) is 10.0 Å². The fraction of sp³-hybridized carbons (Fsp3) is 0.103. The van der Waals surface area contributed by atoms with Gasteiger partial charge in [0.2, 0.25) is 0 Å². The highest BCUT2D eigenvalue weighted by atomic mass is 127. The molecule has 0 aromatic heterocycles. The Hall–Kier alpha value is -3.70. The summed E-state index contributed by atoms with van der Waals surface area (Å²) in [5.74, 6) is -1.89. The van der Waals surface area contributed by atoms with E-state index in [-0.39, 0.29) is 22.6 Å². The molecule has 1 amide bonds. The van der Waals surface area contributed by atoms with E-state index in [1.54, 1.807) is 18.2 Å². The summed E-state index contributed by atoms with van der Waals surface area (Å²) in [6.45, 7) is 1.85. The quantitative estimate of drug-likeness (QED) is 0.210. The van der Waals surface area contributed by atoms with Crippen molar-refractivity contribution < 1.29 is 23.1 Å². The first-order chi connectivity index (χ1) is 18.1. The standard InChI is InChI=1S/C29H25IN2O5S/c1-19-7-14-24(15-8-19)38(36,37)32-26-16-13-23(30)18-25(26)28(33)31-27(29(34)35)17-20-9-11-22(12-10-20)21-5-3-2-4-6-21/h2-16,18,27,32H,17H2,1H3,(H,31,33)(H,34,35). The van der Waals surface area contributed by atoms with Gasteiger partial charge in [-0.2, -0.15) is 0 Å². The van der Waals surface area contributed by atoms with Gasteiger partial charge in [-0.1, -0.05) is 72.3 Å². The Morgan fingerprint density at radius 2 is 1.50 bits per heavy atom. The molecule has 0 saturated carbocycles. The van der Waals surface area contributed by atoms with Crippen molar-refractivity contribution in [2.45, 2.75) is 24.3 Å². The molecule has 0 fully saturated rings. The van der Waals surface area contributed by atoms with Crippen LogP contribution in [0.25, 0.3) is 11.1 Å². The van der Waals surface area contributed by atoms with Gasteiger partial charge in [0.1, 0.15) is 6.04 Å².